The number of rotatable bonds is 6. The maximum Gasteiger partial charge on any atom is 0.337 e. The number of ether oxygens (including phenoxy) is 1. The summed E-state index contributed by atoms with van der Waals surface area (Å²) < 4.78 is 4.89. The number of aromatic nitrogens is 1. The third-order valence-electron chi connectivity index (χ3n) is 5.49. The highest BCUT2D eigenvalue weighted by Gasteiger charge is 2.18. The predicted molar refractivity (Wildman–Crippen MR) is 113 cm³/mol. The molecule has 1 aliphatic carbocycles. The van der Waals surface area contributed by atoms with Gasteiger partial charge in [-0.2, -0.15) is 0 Å². The van der Waals surface area contributed by atoms with Crippen molar-refractivity contribution in [3.8, 4) is 0 Å². The van der Waals surface area contributed by atoms with E-state index >= 15 is 0 Å². The number of carbonyl (C=O) groups excluding carboxylic acids is 1. The molecule has 0 aliphatic heterocycles. The van der Waals surface area contributed by atoms with Crippen molar-refractivity contribution in [2.75, 3.05) is 13.7 Å². The van der Waals surface area contributed by atoms with E-state index in [0.717, 1.165) is 36.7 Å². The molecule has 1 aliphatic rings. The van der Waals surface area contributed by atoms with Crippen LogP contribution in [-0.2, 0) is 11.2 Å². The van der Waals surface area contributed by atoms with E-state index in [1.165, 1.54) is 42.3 Å². The van der Waals surface area contributed by atoms with Gasteiger partial charge >= 0.3 is 5.97 Å². The molecule has 0 spiro atoms. The summed E-state index contributed by atoms with van der Waals surface area (Å²) >= 11 is 0. The highest BCUT2D eigenvalue weighted by atomic mass is 16.5. The fourth-order valence-corrected chi connectivity index (χ4v) is 4.02. The van der Waals surface area contributed by atoms with Gasteiger partial charge in [0.25, 0.3) is 0 Å². The Morgan fingerprint density at radius 2 is 1.93 bits per heavy atom. The molecule has 0 fully saturated rings. The zero-order valence-electron chi connectivity index (χ0n) is 16.3. The topological polar surface area (TPSA) is 54.1 Å². The number of esters is 1. The van der Waals surface area contributed by atoms with E-state index in [0.29, 0.717) is 5.56 Å². The summed E-state index contributed by atoms with van der Waals surface area (Å²) in [6, 6.07) is 16.3. The van der Waals surface area contributed by atoms with Gasteiger partial charge in [0.1, 0.15) is 0 Å². The van der Waals surface area contributed by atoms with Crippen LogP contribution in [0, 0.1) is 0 Å². The van der Waals surface area contributed by atoms with Gasteiger partial charge in [0.2, 0.25) is 0 Å². The first-order chi connectivity index (χ1) is 13.8. The van der Waals surface area contributed by atoms with E-state index in [1.54, 1.807) is 0 Å². The van der Waals surface area contributed by atoms with Gasteiger partial charge in [-0.05, 0) is 61.4 Å². The van der Waals surface area contributed by atoms with Gasteiger partial charge < -0.3 is 15.0 Å². The Kier molecular flexibility index (Phi) is 5.47. The van der Waals surface area contributed by atoms with Crippen LogP contribution in [0.1, 0.15) is 47.2 Å². The van der Waals surface area contributed by atoms with Crippen molar-refractivity contribution < 1.29 is 9.53 Å². The number of nitrogens with one attached hydrogen (secondary N) is 2. The Morgan fingerprint density at radius 1 is 1.11 bits per heavy atom. The number of hydrogen-bond acceptors (Lipinski definition) is 3. The quantitative estimate of drug-likeness (QED) is 0.592. The summed E-state index contributed by atoms with van der Waals surface area (Å²) in [4.78, 5) is 15.3. The Labute approximate surface area is 165 Å². The first kappa shape index (κ1) is 18.4. The number of methoxy groups -OCH3 is 1. The molecule has 144 valence electrons. The van der Waals surface area contributed by atoms with Crippen molar-refractivity contribution in [1.29, 1.82) is 0 Å². The summed E-state index contributed by atoms with van der Waals surface area (Å²) in [7, 11) is 1.42. The lowest BCUT2D eigenvalue weighted by Gasteiger charge is -2.22. The van der Waals surface area contributed by atoms with Gasteiger partial charge in [0.05, 0.1) is 12.7 Å². The van der Waals surface area contributed by atoms with Crippen LogP contribution in [0.4, 0.5) is 0 Å². The molecule has 4 nitrogen and oxygen atoms in total. The van der Waals surface area contributed by atoms with Gasteiger partial charge in [-0.1, -0.05) is 30.3 Å². The number of hydrogen-bond donors (Lipinski definition) is 2. The predicted octanol–water partition coefficient (Wildman–Crippen LogP) is 5.07. The summed E-state index contributed by atoms with van der Waals surface area (Å²) in [6.45, 7) is 0.929. The average molecular weight is 374 g/mol. The highest BCUT2D eigenvalue weighted by molar-refractivity contribution is 5.99. The van der Waals surface area contributed by atoms with Gasteiger partial charge in [-0.25, -0.2) is 4.79 Å². The maximum atomic E-state index is 12.0. The summed E-state index contributed by atoms with van der Waals surface area (Å²) in [5.41, 5.74) is 6.89. The van der Waals surface area contributed by atoms with E-state index in [2.05, 4.69) is 46.8 Å². The van der Waals surface area contributed by atoms with Crippen LogP contribution in [0.2, 0.25) is 0 Å². The molecule has 0 saturated carbocycles. The molecule has 28 heavy (non-hydrogen) atoms. The SMILES string of the molecule is COC(=O)c1ccc2[nH]cc(C3=C(NCCc4ccccc4)CCCC3)c2c1. The molecule has 2 aromatic carbocycles. The van der Waals surface area contributed by atoms with E-state index in [9.17, 15) is 4.79 Å². The van der Waals surface area contributed by atoms with E-state index in [4.69, 9.17) is 4.74 Å². The molecule has 3 aromatic rings. The average Bonchev–Trinajstić information content (AvgIpc) is 3.17. The Morgan fingerprint density at radius 3 is 2.75 bits per heavy atom. The lowest BCUT2D eigenvalue weighted by molar-refractivity contribution is 0.0601. The van der Waals surface area contributed by atoms with E-state index in [1.807, 2.05) is 18.2 Å². The molecule has 0 atom stereocenters. The Bertz CT molecular complexity index is 1000. The second-order valence-electron chi connectivity index (χ2n) is 7.28. The first-order valence-corrected chi connectivity index (χ1v) is 9.96. The number of aromatic amines is 1. The maximum absolute atomic E-state index is 12.0. The van der Waals surface area contributed by atoms with E-state index in [-0.39, 0.29) is 5.97 Å². The van der Waals surface area contributed by atoms with Crippen molar-refractivity contribution >= 4 is 22.4 Å². The lowest BCUT2D eigenvalue weighted by atomic mass is 9.90. The molecular formula is C24H26N2O2. The number of benzene rings is 2. The summed E-state index contributed by atoms with van der Waals surface area (Å²) in [5.74, 6) is -0.298. The third-order valence-corrected chi connectivity index (χ3v) is 5.49. The van der Waals surface area contributed by atoms with Gasteiger partial charge in [0.15, 0.2) is 0 Å². The van der Waals surface area contributed by atoms with Gasteiger partial charge in [-0.15, -0.1) is 0 Å². The molecule has 0 bridgehead atoms. The van der Waals surface area contributed by atoms with Crippen LogP contribution in [0.3, 0.4) is 0 Å². The number of fused-ring (bicyclic) bond motifs is 1. The molecule has 0 saturated heterocycles. The molecule has 4 heteroatoms. The largest absolute Gasteiger partial charge is 0.465 e. The van der Waals surface area contributed by atoms with Crippen LogP contribution < -0.4 is 5.32 Å². The fraction of sp³-hybridized carbons (Fsp3) is 0.292. The fourth-order valence-electron chi connectivity index (χ4n) is 4.02. The smallest absolute Gasteiger partial charge is 0.337 e. The van der Waals surface area contributed by atoms with Crippen molar-refractivity contribution in [2.45, 2.75) is 32.1 Å². The van der Waals surface area contributed by atoms with Crippen LogP contribution >= 0.6 is 0 Å². The van der Waals surface area contributed by atoms with Gasteiger partial charge in [0, 0.05) is 34.9 Å². The molecule has 1 heterocycles. The highest BCUT2D eigenvalue weighted by Crippen LogP contribution is 2.35. The third kappa shape index (κ3) is 3.81. The Hall–Kier alpha value is -3.01. The molecule has 1 aromatic heterocycles. The Balaban J connectivity index is 1.61. The second-order valence-corrected chi connectivity index (χ2v) is 7.28. The number of carbonyl (C=O) groups is 1. The minimum atomic E-state index is -0.298. The zero-order chi connectivity index (χ0) is 19.3. The lowest BCUT2D eigenvalue weighted by Crippen LogP contribution is -2.20. The summed E-state index contributed by atoms with van der Waals surface area (Å²) in [5, 5.41) is 4.78. The van der Waals surface area contributed by atoms with Crippen LogP contribution in [-0.4, -0.2) is 24.6 Å². The van der Waals surface area contributed by atoms with Crippen LogP contribution in [0.5, 0.6) is 0 Å². The molecule has 4 rings (SSSR count). The second kappa shape index (κ2) is 8.34. The summed E-state index contributed by atoms with van der Waals surface area (Å²) in [6.07, 6.45) is 7.63. The number of H-pyrrole nitrogens is 1. The van der Waals surface area contributed by atoms with Crippen LogP contribution in [0.25, 0.3) is 16.5 Å². The van der Waals surface area contributed by atoms with Crippen molar-refractivity contribution in [3.05, 3.63) is 77.1 Å². The van der Waals surface area contributed by atoms with Crippen molar-refractivity contribution in [2.24, 2.45) is 0 Å². The zero-order valence-corrected chi connectivity index (χ0v) is 16.3. The molecular weight excluding hydrogens is 348 g/mol. The van der Waals surface area contributed by atoms with Crippen molar-refractivity contribution in [1.82, 2.24) is 10.3 Å². The molecule has 0 radical (unpaired) electrons. The van der Waals surface area contributed by atoms with E-state index < -0.39 is 0 Å². The number of allylic oxidation sites excluding steroid dienone is 2. The first-order valence-electron chi connectivity index (χ1n) is 9.96. The monoisotopic (exact) mass is 374 g/mol. The van der Waals surface area contributed by atoms with Gasteiger partial charge in [-0.3, -0.25) is 0 Å². The minimum Gasteiger partial charge on any atom is -0.465 e. The molecule has 0 unspecified atom stereocenters. The standard InChI is InChI=1S/C24H26N2O2/c1-28-24(27)18-11-12-23-20(15-18)21(16-26-23)19-9-5-6-10-22(19)25-14-13-17-7-3-2-4-8-17/h2-4,7-8,11-12,15-16,25-26H,5-6,9-10,13-14H2,1H3. The molecule has 0 amide bonds. The molecule has 2 N–H and O–H groups in total. The minimum absolute atomic E-state index is 0.298. The normalized spacial score (nSPS) is 14.3. The van der Waals surface area contributed by atoms with Crippen LogP contribution in [0.15, 0.2) is 60.4 Å². The van der Waals surface area contributed by atoms with Crippen molar-refractivity contribution in [3.63, 3.8) is 0 Å².